The van der Waals surface area contributed by atoms with Gasteiger partial charge in [0.25, 0.3) is 0 Å². The highest BCUT2D eigenvalue weighted by atomic mass is 32.1. The number of hydrogen-bond acceptors (Lipinski definition) is 4. The van der Waals surface area contributed by atoms with E-state index in [0.29, 0.717) is 12.8 Å². The average Bonchev–Trinajstić information content (AvgIpc) is 3.23. The van der Waals surface area contributed by atoms with Gasteiger partial charge in [0.15, 0.2) is 0 Å². The van der Waals surface area contributed by atoms with Gasteiger partial charge in [-0.15, -0.1) is 11.3 Å². The van der Waals surface area contributed by atoms with E-state index in [-0.39, 0.29) is 24.5 Å². The van der Waals surface area contributed by atoms with Crippen molar-refractivity contribution in [3.8, 4) is 0 Å². The fourth-order valence-electron chi connectivity index (χ4n) is 4.03. The number of unbranched alkanes of at least 4 members (excludes halogenated alkanes) is 3. The van der Waals surface area contributed by atoms with Crippen LogP contribution in [0.25, 0.3) is 10.1 Å². The number of hydrogen-bond donors (Lipinski definition) is 2. The molecular weight excluding hydrogens is 391 g/mol. The first-order valence-corrected chi connectivity index (χ1v) is 11.0. The van der Waals surface area contributed by atoms with Crippen LogP contribution in [-0.2, 0) is 9.59 Å². The zero-order chi connectivity index (χ0) is 20.8. The number of alkyl halides is 1. The summed E-state index contributed by atoms with van der Waals surface area (Å²) in [6.45, 7) is 0. The van der Waals surface area contributed by atoms with E-state index in [1.165, 1.54) is 11.3 Å². The van der Waals surface area contributed by atoms with Crippen LogP contribution < -0.4 is 0 Å². The molecule has 0 unspecified atom stereocenters. The molecule has 3 rings (SSSR count). The third-order valence-corrected chi connectivity index (χ3v) is 6.79. The molecule has 2 N–H and O–H groups in total. The minimum atomic E-state index is -1.20. The van der Waals surface area contributed by atoms with E-state index >= 15 is 0 Å². The van der Waals surface area contributed by atoms with Gasteiger partial charge >= 0.3 is 5.97 Å². The molecule has 29 heavy (non-hydrogen) atoms. The maximum absolute atomic E-state index is 14.4. The number of carbonyl (C=O) groups excluding carboxylic acids is 1. The number of rotatable bonds is 10. The molecule has 0 radical (unpaired) electrons. The van der Waals surface area contributed by atoms with Gasteiger partial charge in [-0.05, 0) is 30.4 Å². The van der Waals surface area contributed by atoms with E-state index in [2.05, 4.69) is 0 Å². The second-order valence-electron chi connectivity index (χ2n) is 7.73. The molecule has 0 aliphatic heterocycles. The molecule has 1 fully saturated rings. The van der Waals surface area contributed by atoms with Gasteiger partial charge in [0.05, 0.1) is 0 Å². The van der Waals surface area contributed by atoms with E-state index in [1.54, 1.807) is 12.2 Å². The van der Waals surface area contributed by atoms with Crippen LogP contribution in [-0.4, -0.2) is 28.1 Å². The highest BCUT2D eigenvalue weighted by Crippen LogP contribution is 2.37. The lowest BCUT2D eigenvalue weighted by molar-refractivity contribution is -0.137. The van der Waals surface area contributed by atoms with Crippen molar-refractivity contribution < 1.29 is 24.2 Å². The molecule has 1 saturated carbocycles. The molecule has 1 aromatic heterocycles. The SMILES string of the molecule is O=C(O)CCCCCC[C@H]1C(=O)C[C@H](F)[C@@H]1C=C[C@@H](O)c1cc2ccccc2s1. The average molecular weight is 419 g/mol. The molecule has 0 bridgehead atoms. The predicted octanol–water partition coefficient (Wildman–Crippen LogP) is 5.46. The minimum absolute atomic E-state index is 0.0472. The Balaban J connectivity index is 1.56. The fraction of sp³-hybridized carbons (Fsp3) is 0.478. The summed E-state index contributed by atoms with van der Waals surface area (Å²) in [6, 6.07) is 9.83. The Morgan fingerprint density at radius 1 is 1.24 bits per heavy atom. The van der Waals surface area contributed by atoms with Gasteiger partial charge in [0, 0.05) is 34.3 Å². The third-order valence-electron chi connectivity index (χ3n) is 5.60. The van der Waals surface area contributed by atoms with Crippen LogP contribution >= 0.6 is 11.3 Å². The Labute approximate surface area is 174 Å². The fourth-order valence-corrected chi connectivity index (χ4v) is 5.06. The monoisotopic (exact) mass is 418 g/mol. The van der Waals surface area contributed by atoms with Crippen LogP contribution in [0.1, 0.15) is 55.9 Å². The highest BCUT2D eigenvalue weighted by Gasteiger charge is 2.40. The number of carboxylic acids is 1. The van der Waals surface area contributed by atoms with Gasteiger partial charge < -0.3 is 10.2 Å². The second-order valence-corrected chi connectivity index (χ2v) is 8.85. The van der Waals surface area contributed by atoms with Crippen LogP contribution in [0.2, 0.25) is 0 Å². The lowest BCUT2D eigenvalue weighted by Gasteiger charge is -2.17. The number of aliphatic hydroxyl groups excluding tert-OH is 1. The number of allylic oxidation sites excluding steroid dienone is 1. The van der Waals surface area contributed by atoms with Crippen molar-refractivity contribution in [2.45, 2.75) is 57.2 Å². The van der Waals surface area contributed by atoms with Crippen molar-refractivity contribution in [2.75, 3.05) is 0 Å². The Morgan fingerprint density at radius 3 is 2.76 bits per heavy atom. The molecule has 6 heteroatoms. The number of carboxylic acid groups (broad SMARTS) is 1. The Kier molecular flexibility index (Phi) is 7.56. The number of aliphatic hydroxyl groups is 1. The molecule has 1 heterocycles. The number of benzene rings is 1. The second kappa shape index (κ2) is 10.1. The first-order chi connectivity index (χ1) is 14.0. The summed E-state index contributed by atoms with van der Waals surface area (Å²) in [7, 11) is 0. The van der Waals surface area contributed by atoms with Gasteiger partial charge in [0.1, 0.15) is 18.1 Å². The molecular formula is C23H27FO4S. The summed E-state index contributed by atoms with van der Waals surface area (Å²) in [5, 5.41) is 20.2. The normalized spacial score (nSPS) is 23.2. The van der Waals surface area contributed by atoms with E-state index < -0.39 is 24.2 Å². The van der Waals surface area contributed by atoms with Crippen molar-refractivity contribution in [3.05, 3.63) is 47.4 Å². The van der Waals surface area contributed by atoms with Crippen LogP contribution in [0, 0.1) is 11.8 Å². The van der Waals surface area contributed by atoms with E-state index in [9.17, 15) is 19.1 Å². The van der Waals surface area contributed by atoms with Gasteiger partial charge in [-0.2, -0.15) is 0 Å². The summed E-state index contributed by atoms with van der Waals surface area (Å²) < 4.78 is 15.5. The van der Waals surface area contributed by atoms with Crippen LogP contribution in [0.15, 0.2) is 42.5 Å². The number of Topliss-reactive ketones (excluding diaryl/α,β-unsaturated/α-hetero) is 1. The quantitative estimate of drug-likeness (QED) is 0.397. The number of carbonyl (C=O) groups is 2. The van der Waals surface area contributed by atoms with Crippen LogP contribution in [0.5, 0.6) is 0 Å². The topological polar surface area (TPSA) is 74.6 Å². The number of thiophene rings is 1. The maximum atomic E-state index is 14.4. The minimum Gasteiger partial charge on any atom is -0.481 e. The standard InChI is InChI=1S/C23H27FO4S/c24-18-14-20(26)17(8-3-1-2-4-10-23(27)28)16(18)11-12-19(25)22-13-15-7-5-6-9-21(15)29-22/h5-7,9,11-13,16-19,25H,1-4,8,10,14H2,(H,27,28)/t16-,17-,18+,19-/m1/s1. The molecule has 1 aromatic carbocycles. The van der Waals surface area contributed by atoms with Crippen molar-refractivity contribution >= 4 is 33.2 Å². The third kappa shape index (κ3) is 5.73. The molecule has 0 spiro atoms. The zero-order valence-corrected chi connectivity index (χ0v) is 17.1. The Hall–Kier alpha value is -2.05. The van der Waals surface area contributed by atoms with E-state index in [4.69, 9.17) is 5.11 Å². The maximum Gasteiger partial charge on any atom is 0.303 e. The van der Waals surface area contributed by atoms with E-state index in [1.807, 2.05) is 30.3 Å². The Morgan fingerprint density at radius 2 is 2.00 bits per heavy atom. The van der Waals surface area contributed by atoms with Crippen molar-refractivity contribution in [2.24, 2.45) is 11.8 Å². The van der Waals surface area contributed by atoms with Crippen molar-refractivity contribution in [3.63, 3.8) is 0 Å². The summed E-state index contributed by atoms with van der Waals surface area (Å²) >= 11 is 1.51. The first kappa shape index (κ1) is 21.7. The van der Waals surface area contributed by atoms with Crippen molar-refractivity contribution in [1.82, 2.24) is 0 Å². The van der Waals surface area contributed by atoms with Crippen LogP contribution in [0.4, 0.5) is 4.39 Å². The lowest BCUT2D eigenvalue weighted by atomic mass is 9.89. The molecule has 0 saturated heterocycles. The zero-order valence-electron chi connectivity index (χ0n) is 16.3. The molecule has 2 aromatic rings. The number of fused-ring (bicyclic) bond motifs is 1. The predicted molar refractivity (Wildman–Crippen MR) is 113 cm³/mol. The summed E-state index contributed by atoms with van der Waals surface area (Å²) in [5.41, 5.74) is 0. The molecule has 4 atom stereocenters. The number of ketones is 1. The first-order valence-electron chi connectivity index (χ1n) is 10.2. The van der Waals surface area contributed by atoms with Gasteiger partial charge in [-0.1, -0.05) is 49.6 Å². The summed E-state index contributed by atoms with van der Waals surface area (Å²) in [5.74, 6) is -1.69. The Bertz CT molecular complexity index is 842. The molecule has 0 amide bonds. The lowest BCUT2D eigenvalue weighted by Crippen LogP contribution is -2.16. The van der Waals surface area contributed by atoms with Crippen molar-refractivity contribution in [1.29, 1.82) is 0 Å². The van der Waals surface area contributed by atoms with Gasteiger partial charge in [-0.3, -0.25) is 9.59 Å². The highest BCUT2D eigenvalue weighted by molar-refractivity contribution is 7.19. The summed E-state index contributed by atoms with van der Waals surface area (Å²) in [6.07, 6.45) is 5.05. The largest absolute Gasteiger partial charge is 0.481 e. The van der Waals surface area contributed by atoms with Gasteiger partial charge in [0.2, 0.25) is 0 Å². The smallest absolute Gasteiger partial charge is 0.303 e. The molecule has 156 valence electrons. The molecule has 1 aliphatic carbocycles. The van der Waals surface area contributed by atoms with E-state index in [0.717, 1.165) is 34.2 Å². The van der Waals surface area contributed by atoms with Crippen LogP contribution in [0.3, 0.4) is 0 Å². The molecule has 1 aliphatic rings. The number of halogens is 1. The molecule has 4 nitrogen and oxygen atoms in total. The summed E-state index contributed by atoms with van der Waals surface area (Å²) in [4.78, 5) is 23.6. The number of aliphatic carboxylic acids is 1. The van der Waals surface area contributed by atoms with Gasteiger partial charge in [-0.25, -0.2) is 4.39 Å².